The highest BCUT2D eigenvalue weighted by Gasteiger charge is 2.46. The summed E-state index contributed by atoms with van der Waals surface area (Å²) in [5.41, 5.74) is 3.17. The SMILES string of the molecule is O=C(CCN1C(=O)[C@H]2CC=CC[C@H]2C1=O)Nc1ccccc1-c1nc2ccccc2[nH]1. The average molecular weight is 414 g/mol. The molecule has 1 aromatic heterocycles. The molecule has 0 saturated carbocycles. The normalized spacial score (nSPS) is 20.3. The Morgan fingerprint density at radius 2 is 1.68 bits per heavy atom. The van der Waals surface area contributed by atoms with Crippen LogP contribution in [0, 0.1) is 11.8 Å². The molecule has 0 radical (unpaired) electrons. The zero-order valence-electron chi connectivity index (χ0n) is 16.9. The minimum absolute atomic E-state index is 0.0544. The Morgan fingerprint density at radius 3 is 2.42 bits per heavy atom. The van der Waals surface area contributed by atoms with E-state index >= 15 is 0 Å². The number of anilines is 1. The van der Waals surface area contributed by atoms with Gasteiger partial charge in [-0.1, -0.05) is 36.4 Å². The minimum Gasteiger partial charge on any atom is -0.338 e. The largest absolute Gasteiger partial charge is 0.338 e. The van der Waals surface area contributed by atoms with Crippen molar-refractivity contribution in [3.63, 3.8) is 0 Å². The van der Waals surface area contributed by atoms with E-state index in [1.54, 1.807) is 0 Å². The smallest absolute Gasteiger partial charge is 0.233 e. The van der Waals surface area contributed by atoms with E-state index in [-0.39, 0.29) is 42.5 Å². The van der Waals surface area contributed by atoms with Crippen molar-refractivity contribution in [2.45, 2.75) is 19.3 Å². The Morgan fingerprint density at radius 1 is 1.00 bits per heavy atom. The predicted octanol–water partition coefficient (Wildman–Crippen LogP) is 3.51. The van der Waals surface area contributed by atoms with Crippen molar-refractivity contribution in [3.05, 3.63) is 60.7 Å². The average Bonchev–Trinajstić information content (AvgIpc) is 3.32. The molecule has 2 heterocycles. The Bertz CT molecular complexity index is 1150. The first kappa shape index (κ1) is 19.2. The summed E-state index contributed by atoms with van der Waals surface area (Å²) in [6.45, 7) is 0.101. The summed E-state index contributed by atoms with van der Waals surface area (Å²) in [6, 6.07) is 15.2. The van der Waals surface area contributed by atoms with Gasteiger partial charge in [-0.3, -0.25) is 19.3 Å². The van der Waals surface area contributed by atoms with Gasteiger partial charge in [0, 0.05) is 18.5 Å². The molecular weight excluding hydrogens is 392 g/mol. The van der Waals surface area contributed by atoms with Crippen molar-refractivity contribution in [2.24, 2.45) is 11.8 Å². The van der Waals surface area contributed by atoms with E-state index in [0.717, 1.165) is 16.6 Å². The lowest BCUT2D eigenvalue weighted by molar-refractivity contribution is -0.140. The molecule has 1 saturated heterocycles. The van der Waals surface area contributed by atoms with Gasteiger partial charge in [-0.05, 0) is 37.1 Å². The number of aromatic amines is 1. The Balaban J connectivity index is 1.28. The fourth-order valence-electron chi connectivity index (χ4n) is 4.39. The molecule has 2 atom stereocenters. The van der Waals surface area contributed by atoms with Gasteiger partial charge in [0.15, 0.2) is 0 Å². The number of para-hydroxylation sites is 3. The molecule has 31 heavy (non-hydrogen) atoms. The van der Waals surface area contributed by atoms with Crippen LogP contribution in [0.2, 0.25) is 0 Å². The van der Waals surface area contributed by atoms with Crippen molar-refractivity contribution in [1.82, 2.24) is 14.9 Å². The number of H-pyrrole nitrogens is 1. The second kappa shape index (κ2) is 7.83. The fourth-order valence-corrected chi connectivity index (χ4v) is 4.39. The molecule has 2 aromatic carbocycles. The number of hydrogen-bond acceptors (Lipinski definition) is 4. The predicted molar refractivity (Wildman–Crippen MR) is 117 cm³/mol. The first-order chi connectivity index (χ1) is 15.1. The molecule has 2 N–H and O–H groups in total. The molecule has 5 rings (SSSR count). The van der Waals surface area contributed by atoms with Crippen molar-refractivity contribution < 1.29 is 14.4 Å². The summed E-state index contributed by atoms with van der Waals surface area (Å²) in [5, 5.41) is 2.91. The van der Waals surface area contributed by atoms with Crippen molar-refractivity contribution in [1.29, 1.82) is 0 Å². The molecular formula is C24H22N4O3. The summed E-state index contributed by atoms with van der Waals surface area (Å²) >= 11 is 0. The summed E-state index contributed by atoms with van der Waals surface area (Å²) < 4.78 is 0. The molecule has 0 unspecified atom stereocenters. The third-order valence-electron chi connectivity index (χ3n) is 6.01. The molecule has 7 nitrogen and oxygen atoms in total. The monoisotopic (exact) mass is 414 g/mol. The number of aromatic nitrogens is 2. The van der Waals surface area contributed by atoms with Crippen molar-refractivity contribution >= 4 is 34.4 Å². The third kappa shape index (κ3) is 3.52. The topological polar surface area (TPSA) is 95.2 Å². The van der Waals surface area contributed by atoms with E-state index in [1.165, 1.54) is 4.90 Å². The first-order valence-electron chi connectivity index (χ1n) is 10.5. The number of amides is 3. The first-order valence-corrected chi connectivity index (χ1v) is 10.5. The highest BCUT2D eigenvalue weighted by molar-refractivity contribution is 6.06. The Labute approximate surface area is 179 Å². The van der Waals surface area contributed by atoms with Crippen LogP contribution in [-0.4, -0.2) is 39.1 Å². The van der Waals surface area contributed by atoms with E-state index in [2.05, 4.69) is 15.3 Å². The number of nitrogens with zero attached hydrogens (tertiary/aromatic N) is 2. The number of rotatable bonds is 5. The van der Waals surface area contributed by atoms with E-state index in [0.29, 0.717) is 24.4 Å². The van der Waals surface area contributed by atoms with Crippen LogP contribution < -0.4 is 5.32 Å². The van der Waals surface area contributed by atoms with Gasteiger partial charge in [0.1, 0.15) is 5.82 Å². The zero-order valence-corrected chi connectivity index (χ0v) is 16.9. The second-order valence-electron chi connectivity index (χ2n) is 7.93. The Kier molecular flexibility index (Phi) is 4.86. The van der Waals surface area contributed by atoms with Crippen LogP contribution in [0.15, 0.2) is 60.7 Å². The summed E-state index contributed by atoms with van der Waals surface area (Å²) in [7, 11) is 0. The number of imidazole rings is 1. The van der Waals surface area contributed by atoms with Gasteiger partial charge >= 0.3 is 0 Å². The molecule has 1 aliphatic heterocycles. The van der Waals surface area contributed by atoms with E-state index in [9.17, 15) is 14.4 Å². The second-order valence-corrected chi connectivity index (χ2v) is 7.93. The fraction of sp³-hybridized carbons (Fsp3) is 0.250. The maximum absolute atomic E-state index is 12.6. The van der Waals surface area contributed by atoms with E-state index in [1.807, 2.05) is 60.7 Å². The summed E-state index contributed by atoms with van der Waals surface area (Å²) in [5.74, 6) is -0.441. The molecule has 2 aliphatic rings. The van der Waals surface area contributed by atoms with Gasteiger partial charge in [0.05, 0.1) is 28.6 Å². The number of fused-ring (bicyclic) bond motifs is 2. The van der Waals surface area contributed by atoms with Crippen LogP contribution in [0.1, 0.15) is 19.3 Å². The maximum atomic E-state index is 12.6. The molecule has 156 valence electrons. The number of benzene rings is 2. The van der Waals surface area contributed by atoms with Crippen LogP contribution in [-0.2, 0) is 14.4 Å². The van der Waals surface area contributed by atoms with Gasteiger partial charge in [-0.2, -0.15) is 0 Å². The van der Waals surface area contributed by atoms with Crippen molar-refractivity contribution in [2.75, 3.05) is 11.9 Å². The van der Waals surface area contributed by atoms with Crippen LogP contribution in [0.25, 0.3) is 22.4 Å². The third-order valence-corrected chi connectivity index (χ3v) is 6.01. The molecule has 0 spiro atoms. The number of imide groups is 1. The number of hydrogen-bond donors (Lipinski definition) is 2. The maximum Gasteiger partial charge on any atom is 0.233 e. The molecule has 1 aliphatic carbocycles. The van der Waals surface area contributed by atoms with Crippen LogP contribution in [0.5, 0.6) is 0 Å². The van der Waals surface area contributed by atoms with Gasteiger partial charge in [-0.25, -0.2) is 4.98 Å². The standard InChI is InChI=1S/C24H22N4O3/c29-21(13-14-28-23(30)15-7-1-2-8-16(15)24(28)31)25-18-10-4-3-9-17(18)22-26-19-11-5-6-12-20(19)27-22/h1-6,9-12,15-16H,7-8,13-14H2,(H,25,29)(H,26,27)/t15-,16+. The lowest BCUT2D eigenvalue weighted by Crippen LogP contribution is -2.34. The number of carbonyl (C=O) groups excluding carboxylic acids is 3. The quantitative estimate of drug-likeness (QED) is 0.493. The lowest BCUT2D eigenvalue weighted by Gasteiger charge is -2.15. The highest BCUT2D eigenvalue weighted by atomic mass is 16.2. The van der Waals surface area contributed by atoms with E-state index in [4.69, 9.17) is 0 Å². The molecule has 3 aromatic rings. The number of likely N-dealkylation sites (tertiary alicyclic amines) is 1. The Hall–Kier alpha value is -3.74. The van der Waals surface area contributed by atoms with Crippen LogP contribution in [0.4, 0.5) is 5.69 Å². The van der Waals surface area contributed by atoms with Gasteiger partial charge in [0.2, 0.25) is 17.7 Å². The van der Waals surface area contributed by atoms with E-state index < -0.39 is 0 Å². The highest BCUT2D eigenvalue weighted by Crippen LogP contribution is 2.35. The molecule has 7 heteroatoms. The van der Waals surface area contributed by atoms with Gasteiger partial charge < -0.3 is 10.3 Å². The summed E-state index contributed by atoms with van der Waals surface area (Å²) in [6.07, 6.45) is 5.17. The van der Waals surface area contributed by atoms with Crippen molar-refractivity contribution in [3.8, 4) is 11.4 Å². The van der Waals surface area contributed by atoms with Gasteiger partial charge in [0.25, 0.3) is 0 Å². The zero-order chi connectivity index (χ0) is 21.4. The van der Waals surface area contributed by atoms with Crippen LogP contribution >= 0.6 is 0 Å². The molecule has 0 bridgehead atoms. The number of allylic oxidation sites excluding steroid dienone is 2. The summed E-state index contributed by atoms with van der Waals surface area (Å²) in [4.78, 5) is 46.9. The number of carbonyl (C=O) groups is 3. The molecule has 3 amide bonds. The van der Waals surface area contributed by atoms with Gasteiger partial charge in [-0.15, -0.1) is 0 Å². The minimum atomic E-state index is -0.269. The van der Waals surface area contributed by atoms with Crippen LogP contribution in [0.3, 0.4) is 0 Å². The molecule has 1 fully saturated rings. The lowest BCUT2D eigenvalue weighted by atomic mass is 9.85. The number of nitrogens with one attached hydrogen (secondary N) is 2.